The summed E-state index contributed by atoms with van der Waals surface area (Å²) in [6.45, 7) is 2.29. The molecule has 6 heterocycles. The number of fused-ring (bicyclic) bond motifs is 6. The Bertz CT molecular complexity index is 1660. The average molecular weight is 676 g/mol. The number of aliphatic hydroxyl groups excluding tert-OH is 1. The van der Waals surface area contributed by atoms with Gasteiger partial charge in [-0.15, -0.1) is 0 Å². The van der Waals surface area contributed by atoms with Crippen molar-refractivity contribution in [3.63, 3.8) is 0 Å². The van der Waals surface area contributed by atoms with Crippen LogP contribution in [0.5, 0.6) is 11.8 Å². The van der Waals surface area contributed by atoms with E-state index in [1.54, 1.807) is 21.1 Å². The van der Waals surface area contributed by atoms with Crippen molar-refractivity contribution in [1.82, 2.24) is 29.1 Å². The van der Waals surface area contributed by atoms with E-state index < -0.39 is 5.67 Å². The van der Waals surface area contributed by atoms with E-state index in [0.717, 1.165) is 61.0 Å². The predicted molar refractivity (Wildman–Crippen MR) is 192 cm³/mol. The SMILES string of the molecule is C.COc1cc2c(cn1)-c1cncn1C2CC(O)C1CCCCC1.COc1cc2c(cn1)-c1cncn1C2CCC1(F)CCCCC1.[2H]CC. The Morgan fingerprint density at radius 1 is 0.857 bits per heavy atom. The van der Waals surface area contributed by atoms with Crippen LogP contribution in [0.25, 0.3) is 22.5 Å². The van der Waals surface area contributed by atoms with Crippen molar-refractivity contribution in [2.75, 3.05) is 14.2 Å². The van der Waals surface area contributed by atoms with Crippen LogP contribution in [0.15, 0.2) is 49.6 Å². The van der Waals surface area contributed by atoms with Crippen molar-refractivity contribution in [3.05, 3.63) is 60.7 Å². The minimum atomic E-state index is -0.987. The number of halogens is 1. The third-order valence-corrected chi connectivity index (χ3v) is 10.8. The number of nitrogens with zero attached hydrogens (tertiary/aromatic N) is 6. The van der Waals surface area contributed by atoms with E-state index in [9.17, 15) is 9.50 Å². The van der Waals surface area contributed by atoms with Crippen LogP contribution in [-0.2, 0) is 0 Å². The number of pyridine rings is 2. The fourth-order valence-electron chi connectivity index (χ4n) is 8.23. The molecule has 0 amide bonds. The summed E-state index contributed by atoms with van der Waals surface area (Å²) in [7, 11) is 3.26. The summed E-state index contributed by atoms with van der Waals surface area (Å²) in [5.41, 5.74) is 5.71. The number of rotatable bonds is 8. The highest BCUT2D eigenvalue weighted by Gasteiger charge is 2.36. The highest BCUT2D eigenvalue weighted by atomic mass is 19.1. The molecule has 0 spiro atoms. The smallest absolute Gasteiger partial charge is 0.213 e. The van der Waals surface area contributed by atoms with Gasteiger partial charge in [0.1, 0.15) is 5.67 Å². The third-order valence-electron chi connectivity index (χ3n) is 10.8. The van der Waals surface area contributed by atoms with Crippen LogP contribution in [0.3, 0.4) is 0 Å². The summed E-state index contributed by atoms with van der Waals surface area (Å²) in [4.78, 5) is 17.2. The molecule has 2 fully saturated rings. The Morgan fingerprint density at radius 3 is 1.92 bits per heavy atom. The van der Waals surface area contributed by atoms with Gasteiger partial charge in [0, 0.05) is 37.0 Å². The van der Waals surface area contributed by atoms with Crippen LogP contribution < -0.4 is 9.47 Å². The Kier molecular flexibility index (Phi) is 11.6. The topological polar surface area (TPSA) is 100 Å². The summed E-state index contributed by atoms with van der Waals surface area (Å²) in [5.74, 6) is 1.67. The molecular formula is C39H55FN6O3. The number of hydrogen-bond donors (Lipinski definition) is 1. The van der Waals surface area contributed by atoms with Crippen LogP contribution in [0.4, 0.5) is 4.39 Å². The molecule has 49 heavy (non-hydrogen) atoms. The van der Waals surface area contributed by atoms with E-state index >= 15 is 0 Å². The summed E-state index contributed by atoms with van der Waals surface area (Å²) >= 11 is 0. The second-order valence-electron chi connectivity index (χ2n) is 13.5. The maximum absolute atomic E-state index is 15.0. The Labute approximate surface area is 292 Å². The Hall–Kier alpha value is -3.79. The molecule has 4 aromatic heterocycles. The van der Waals surface area contributed by atoms with Crippen molar-refractivity contribution in [3.8, 4) is 34.3 Å². The van der Waals surface area contributed by atoms with E-state index in [1.165, 1.54) is 36.8 Å². The summed E-state index contributed by atoms with van der Waals surface area (Å²) in [6.07, 6.45) is 23.7. The summed E-state index contributed by atoms with van der Waals surface area (Å²) in [5, 5.41) is 10.8. The van der Waals surface area contributed by atoms with Crippen molar-refractivity contribution in [1.29, 1.82) is 0 Å². The zero-order chi connectivity index (χ0) is 34.4. The maximum Gasteiger partial charge on any atom is 0.213 e. The molecule has 2 saturated carbocycles. The lowest BCUT2D eigenvalue weighted by Crippen LogP contribution is -2.27. The Balaban J connectivity index is 0.000000177. The van der Waals surface area contributed by atoms with Gasteiger partial charge >= 0.3 is 0 Å². The van der Waals surface area contributed by atoms with Crippen molar-refractivity contribution >= 4 is 0 Å². The predicted octanol–water partition coefficient (Wildman–Crippen LogP) is 9.16. The molecular weight excluding hydrogens is 619 g/mol. The van der Waals surface area contributed by atoms with E-state index in [0.29, 0.717) is 43.8 Å². The van der Waals surface area contributed by atoms with Gasteiger partial charge in [0.25, 0.3) is 0 Å². The van der Waals surface area contributed by atoms with Gasteiger partial charge in [-0.3, -0.25) is 0 Å². The molecule has 0 aromatic carbocycles. The highest BCUT2D eigenvalue weighted by molar-refractivity contribution is 5.69. The largest absolute Gasteiger partial charge is 0.481 e. The fourth-order valence-corrected chi connectivity index (χ4v) is 8.23. The molecule has 8 rings (SSSR count). The second-order valence-corrected chi connectivity index (χ2v) is 13.5. The van der Waals surface area contributed by atoms with Crippen LogP contribution in [0.1, 0.15) is 129 Å². The number of imidazole rings is 2. The molecule has 2 aliphatic carbocycles. The minimum Gasteiger partial charge on any atom is -0.481 e. The summed E-state index contributed by atoms with van der Waals surface area (Å²) < 4.78 is 36.1. The number of alkyl halides is 1. The van der Waals surface area contributed by atoms with Gasteiger partial charge in [0.2, 0.25) is 11.8 Å². The van der Waals surface area contributed by atoms with Crippen LogP contribution >= 0.6 is 0 Å². The van der Waals surface area contributed by atoms with Crippen molar-refractivity contribution in [2.45, 2.75) is 129 Å². The molecule has 4 aliphatic rings. The molecule has 10 heteroatoms. The molecule has 1 N–H and O–H groups in total. The zero-order valence-electron chi connectivity index (χ0n) is 29.7. The first-order valence-corrected chi connectivity index (χ1v) is 17.7. The number of aliphatic hydroxyl groups is 1. The van der Waals surface area contributed by atoms with Gasteiger partial charge in [-0.2, -0.15) is 0 Å². The van der Waals surface area contributed by atoms with Gasteiger partial charge in [-0.05, 0) is 62.0 Å². The summed E-state index contributed by atoms with van der Waals surface area (Å²) in [6, 6.07) is 4.24. The highest BCUT2D eigenvalue weighted by Crippen LogP contribution is 2.46. The van der Waals surface area contributed by atoms with Crippen molar-refractivity contribution < 1.29 is 20.3 Å². The average Bonchev–Trinajstić information content (AvgIpc) is 3.92. The lowest BCUT2D eigenvalue weighted by atomic mass is 9.82. The van der Waals surface area contributed by atoms with Gasteiger partial charge < -0.3 is 23.7 Å². The van der Waals surface area contributed by atoms with Crippen LogP contribution in [0.2, 0.25) is 0 Å². The monoisotopic (exact) mass is 675 g/mol. The van der Waals surface area contributed by atoms with E-state index in [1.807, 2.05) is 49.6 Å². The number of hydrogen-bond acceptors (Lipinski definition) is 7. The number of aromatic nitrogens is 6. The van der Waals surface area contributed by atoms with Gasteiger partial charge in [0.05, 0.1) is 68.8 Å². The van der Waals surface area contributed by atoms with Gasteiger partial charge in [0.15, 0.2) is 0 Å². The molecule has 0 saturated heterocycles. The van der Waals surface area contributed by atoms with Gasteiger partial charge in [-0.25, -0.2) is 24.3 Å². The first-order valence-electron chi connectivity index (χ1n) is 18.4. The first kappa shape index (κ1) is 35.1. The molecule has 3 unspecified atom stereocenters. The number of methoxy groups -OCH3 is 2. The maximum atomic E-state index is 15.0. The molecule has 3 atom stereocenters. The van der Waals surface area contributed by atoms with E-state index in [4.69, 9.17) is 10.8 Å². The normalized spacial score (nSPS) is 20.8. The molecule has 266 valence electrons. The van der Waals surface area contributed by atoms with Gasteiger partial charge in [-0.1, -0.05) is 59.8 Å². The van der Waals surface area contributed by atoms with E-state index in [2.05, 4.69) is 29.1 Å². The minimum absolute atomic E-state index is 0. The third kappa shape index (κ3) is 7.54. The lowest BCUT2D eigenvalue weighted by Gasteiger charge is -2.30. The molecule has 0 radical (unpaired) electrons. The fraction of sp³-hybridized carbons (Fsp3) is 0.590. The molecule has 4 aromatic rings. The Morgan fingerprint density at radius 2 is 1.37 bits per heavy atom. The van der Waals surface area contributed by atoms with E-state index in [-0.39, 0.29) is 25.6 Å². The molecule has 2 aliphatic heterocycles. The standard InChI is InChI=1S/C18H22FN3O.C18H23N3O2.C2H6.CH4/c1-23-17-9-13-14(10-21-17)16-11-20-12-22(16)15(13)5-8-18(19)6-3-2-4-7-18;1-23-18-7-13-14(9-20-18)16-10-19-11-21(16)15(13)8-17(22)12-5-3-2-4-6-12;1-2;/h9-12,15H,2-8H2,1H3;7,9-12,15,17,22H,2-6,8H2,1H3;1-2H3;1H4/i;;1D;. The van der Waals surface area contributed by atoms with Crippen LogP contribution in [-0.4, -0.2) is 60.2 Å². The zero-order valence-corrected chi connectivity index (χ0v) is 28.7. The van der Waals surface area contributed by atoms with Crippen LogP contribution in [0, 0.1) is 5.92 Å². The first-order chi connectivity index (χ1) is 23.9. The second kappa shape index (κ2) is 16.3. The quantitative estimate of drug-likeness (QED) is 0.199. The lowest BCUT2D eigenvalue weighted by molar-refractivity contribution is 0.0686. The van der Waals surface area contributed by atoms with Crippen molar-refractivity contribution in [2.24, 2.45) is 5.92 Å². The molecule has 9 nitrogen and oxygen atoms in total. The number of ether oxygens (including phenoxy) is 2. The molecule has 0 bridgehead atoms.